The van der Waals surface area contributed by atoms with Gasteiger partial charge in [-0.25, -0.2) is 0 Å². The zero-order valence-electron chi connectivity index (χ0n) is 9.71. The van der Waals surface area contributed by atoms with Crippen molar-refractivity contribution in [2.45, 2.75) is 19.3 Å². The summed E-state index contributed by atoms with van der Waals surface area (Å²) in [5.74, 6) is 0.175. The highest BCUT2D eigenvalue weighted by Crippen LogP contribution is 2.03. The molecule has 5 heteroatoms. The third kappa shape index (κ3) is 3.48. The van der Waals surface area contributed by atoms with E-state index in [9.17, 15) is 4.79 Å². The Kier molecular flexibility index (Phi) is 3.59. The Hall–Kier alpha value is -2.04. The Morgan fingerprint density at radius 2 is 2.35 bits per heavy atom. The lowest BCUT2D eigenvalue weighted by molar-refractivity contribution is -0.118. The molecule has 0 saturated heterocycles. The molecule has 0 N–H and O–H groups in total. The zero-order chi connectivity index (χ0) is 12.1. The summed E-state index contributed by atoms with van der Waals surface area (Å²) in [6.07, 6.45) is 6.88. The third-order valence-corrected chi connectivity index (χ3v) is 2.44. The maximum atomic E-state index is 11.7. The zero-order valence-corrected chi connectivity index (χ0v) is 9.71. The number of aryl methyl sites for hydroxylation is 2. The molecule has 0 spiro atoms. The number of rotatable bonds is 5. The number of carbonyl (C=O) groups is 1. The van der Waals surface area contributed by atoms with Gasteiger partial charge in [0.2, 0.25) is 0 Å². The summed E-state index contributed by atoms with van der Waals surface area (Å²) in [6.45, 7) is 0. The van der Waals surface area contributed by atoms with E-state index in [0.29, 0.717) is 12.8 Å². The predicted molar refractivity (Wildman–Crippen MR) is 62.3 cm³/mol. The molecule has 2 rings (SSSR count). The fourth-order valence-corrected chi connectivity index (χ4v) is 1.60. The Morgan fingerprint density at radius 3 is 3.00 bits per heavy atom. The van der Waals surface area contributed by atoms with Gasteiger partial charge in [-0.15, -0.1) is 5.10 Å². The number of aromatic nitrogens is 4. The number of hydrogen-bond donors (Lipinski definition) is 0. The third-order valence-electron chi connectivity index (χ3n) is 2.44. The molecular formula is C12H14N4O. The highest BCUT2D eigenvalue weighted by Gasteiger charge is 2.07. The second kappa shape index (κ2) is 5.34. The lowest BCUT2D eigenvalue weighted by atomic mass is 10.1. The number of Topliss-reactive ketones (excluding diaryl/α,β-unsaturated/α-hetero) is 1. The molecule has 2 heterocycles. The van der Waals surface area contributed by atoms with Gasteiger partial charge in [-0.05, 0) is 18.1 Å². The first kappa shape index (κ1) is 11.4. The lowest BCUT2D eigenvalue weighted by Crippen LogP contribution is -2.04. The molecule has 5 nitrogen and oxygen atoms in total. The first-order valence-corrected chi connectivity index (χ1v) is 5.50. The minimum Gasteiger partial charge on any atom is -0.299 e. The van der Waals surface area contributed by atoms with Crippen LogP contribution in [0.4, 0.5) is 0 Å². The first-order chi connectivity index (χ1) is 8.24. The standard InChI is InChI=1S/C12H14N4O/c1-16-9-11(14-15-16)7-12(17)5-4-10-3-2-6-13-8-10/h2-3,6,8-9H,4-5,7H2,1H3. The van der Waals surface area contributed by atoms with E-state index >= 15 is 0 Å². The van der Waals surface area contributed by atoms with E-state index in [0.717, 1.165) is 17.7 Å². The van der Waals surface area contributed by atoms with Crippen molar-refractivity contribution in [2.75, 3.05) is 0 Å². The fraction of sp³-hybridized carbons (Fsp3) is 0.333. The second-order valence-corrected chi connectivity index (χ2v) is 3.96. The molecule has 2 aromatic rings. The van der Waals surface area contributed by atoms with Gasteiger partial charge in [0.25, 0.3) is 0 Å². The summed E-state index contributed by atoms with van der Waals surface area (Å²) in [4.78, 5) is 15.7. The normalized spacial score (nSPS) is 10.4. The fourth-order valence-electron chi connectivity index (χ4n) is 1.60. The summed E-state index contributed by atoms with van der Waals surface area (Å²) in [7, 11) is 1.79. The van der Waals surface area contributed by atoms with Crippen LogP contribution < -0.4 is 0 Å². The van der Waals surface area contributed by atoms with Crippen LogP contribution in [0.3, 0.4) is 0 Å². The molecule has 0 atom stereocenters. The van der Waals surface area contributed by atoms with Crippen LogP contribution >= 0.6 is 0 Å². The molecule has 17 heavy (non-hydrogen) atoms. The van der Waals surface area contributed by atoms with Crippen LogP contribution in [0.5, 0.6) is 0 Å². The number of carbonyl (C=O) groups excluding carboxylic acids is 1. The highest BCUT2D eigenvalue weighted by atomic mass is 16.1. The van der Waals surface area contributed by atoms with Gasteiger partial charge in [0.15, 0.2) is 0 Å². The Labute approximate surface area is 99.5 Å². The minimum absolute atomic E-state index is 0.175. The van der Waals surface area contributed by atoms with Crippen molar-refractivity contribution in [1.29, 1.82) is 0 Å². The highest BCUT2D eigenvalue weighted by molar-refractivity contribution is 5.80. The average Bonchev–Trinajstić information content (AvgIpc) is 2.73. The molecule has 0 radical (unpaired) electrons. The van der Waals surface area contributed by atoms with Crippen molar-refractivity contribution in [2.24, 2.45) is 7.05 Å². The van der Waals surface area contributed by atoms with Gasteiger partial charge in [0.05, 0.1) is 12.1 Å². The molecule has 0 aromatic carbocycles. The number of nitrogens with zero attached hydrogens (tertiary/aromatic N) is 4. The van der Waals surface area contributed by atoms with E-state index in [4.69, 9.17) is 0 Å². The van der Waals surface area contributed by atoms with Crippen LogP contribution in [-0.4, -0.2) is 25.8 Å². The van der Waals surface area contributed by atoms with Crippen molar-refractivity contribution in [3.05, 3.63) is 42.0 Å². The van der Waals surface area contributed by atoms with Crippen molar-refractivity contribution in [1.82, 2.24) is 20.0 Å². The van der Waals surface area contributed by atoms with Crippen molar-refractivity contribution >= 4 is 5.78 Å². The van der Waals surface area contributed by atoms with Crippen LogP contribution in [-0.2, 0) is 24.7 Å². The first-order valence-electron chi connectivity index (χ1n) is 5.50. The van der Waals surface area contributed by atoms with E-state index < -0.39 is 0 Å². The smallest absolute Gasteiger partial charge is 0.139 e. The molecule has 0 aliphatic heterocycles. The minimum atomic E-state index is 0.175. The van der Waals surface area contributed by atoms with Crippen LogP contribution in [0, 0.1) is 0 Å². The topological polar surface area (TPSA) is 60.7 Å². The van der Waals surface area contributed by atoms with Gasteiger partial charge in [-0.3, -0.25) is 14.5 Å². The molecule has 0 fully saturated rings. The van der Waals surface area contributed by atoms with E-state index in [-0.39, 0.29) is 5.78 Å². The molecule has 0 amide bonds. The van der Waals surface area contributed by atoms with E-state index in [2.05, 4.69) is 15.3 Å². The molecule has 0 bridgehead atoms. The molecule has 0 saturated carbocycles. The summed E-state index contributed by atoms with van der Waals surface area (Å²) in [5, 5.41) is 7.68. The van der Waals surface area contributed by atoms with Crippen LogP contribution in [0.2, 0.25) is 0 Å². The summed E-state index contributed by atoms with van der Waals surface area (Å²) in [6, 6.07) is 3.85. The van der Waals surface area contributed by atoms with Gasteiger partial charge in [0, 0.05) is 32.1 Å². The SMILES string of the molecule is Cn1cc(CC(=O)CCc2cccnc2)nn1. The largest absolute Gasteiger partial charge is 0.299 e. The number of pyridine rings is 1. The Balaban J connectivity index is 1.82. The van der Waals surface area contributed by atoms with Crippen LogP contribution in [0.15, 0.2) is 30.7 Å². The van der Waals surface area contributed by atoms with E-state index in [1.165, 1.54) is 0 Å². The maximum Gasteiger partial charge on any atom is 0.139 e. The molecule has 0 aliphatic rings. The monoisotopic (exact) mass is 230 g/mol. The van der Waals surface area contributed by atoms with Crippen molar-refractivity contribution in [3.63, 3.8) is 0 Å². The Bertz CT molecular complexity index is 492. The van der Waals surface area contributed by atoms with Crippen LogP contribution in [0.25, 0.3) is 0 Å². The van der Waals surface area contributed by atoms with E-state index in [1.807, 2.05) is 12.1 Å². The van der Waals surface area contributed by atoms with E-state index in [1.54, 1.807) is 30.3 Å². The molecule has 2 aromatic heterocycles. The quantitative estimate of drug-likeness (QED) is 0.767. The van der Waals surface area contributed by atoms with Gasteiger partial charge in [0.1, 0.15) is 5.78 Å². The van der Waals surface area contributed by atoms with Crippen molar-refractivity contribution in [3.8, 4) is 0 Å². The second-order valence-electron chi connectivity index (χ2n) is 3.96. The van der Waals surface area contributed by atoms with Gasteiger partial charge in [-0.1, -0.05) is 11.3 Å². The lowest BCUT2D eigenvalue weighted by Gasteiger charge is -1.99. The number of hydrogen-bond acceptors (Lipinski definition) is 4. The average molecular weight is 230 g/mol. The van der Waals surface area contributed by atoms with Gasteiger partial charge in [-0.2, -0.15) is 0 Å². The Morgan fingerprint density at radius 1 is 1.47 bits per heavy atom. The summed E-state index contributed by atoms with van der Waals surface area (Å²) < 4.78 is 1.60. The summed E-state index contributed by atoms with van der Waals surface area (Å²) in [5.41, 5.74) is 1.81. The van der Waals surface area contributed by atoms with Gasteiger partial charge >= 0.3 is 0 Å². The van der Waals surface area contributed by atoms with Gasteiger partial charge < -0.3 is 0 Å². The predicted octanol–water partition coefficient (Wildman–Crippen LogP) is 0.954. The van der Waals surface area contributed by atoms with Crippen molar-refractivity contribution < 1.29 is 4.79 Å². The number of ketones is 1. The molecule has 0 unspecified atom stereocenters. The molecule has 88 valence electrons. The van der Waals surface area contributed by atoms with Crippen LogP contribution in [0.1, 0.15) is 17.7 Å². The molecular weight excluding hydrogens is 216 g/mol. The molecule has 0 aliphatic carbocycles. The summed E-state index contributed by atoms with van der Waals surface area (Å²) >= 11 is 0. The maximum absolute atomic E-state index is 11.7.